The highest BCUT2D eigenvalue weighted by atomic mass is 16.3. The molecule has 30 heavy (non-hydrogen) atoms. The lowest BCUT2D eigenvalue weighted by Gasteiger charge is -2.05. The quantitative estimate of drug-likeness (QED) is 0.511. The van der Waals surface area contributed by atoms with Crippen molar-refractivity contribution < 1.29 is 14.0 Å². The summed E-state index contributed by atoms with van der Waals surface area (Å²) in [5.41, 5.74) is 6.65. The molecule has 0 unspecified atom stereocenters. The van der Waals surface area contributed by atoms with E-state index in [0.717, 1.165) is 11.3 Å². The maximum atomic E-state index is 12.6. The highest BCUT2D eigenvalue weighted by Crippen LogP contribution is 2.21. The highest BCUT2D eigenvalue weighted by Gasteiger charge is 2.20. The minimum absolute atomic E-state index is 0.0712. The van der Waals surface area contributed by atoms with Gasteiger partial charge >= 0.3 is 5.91 Å². The van der Waals surface area contributed by atoms with Gasteiger partial charge in [-0.15, -0.1) is 5.10 Å². The van der Waals surface area contributed by atoms with E-state index < -0.39 is 11.8 Å². The van der Waals surface area contributed by atoms with Gasteiger partial charge in [0.15, 0.2) is 5.82 Å². The number of aromatic nitrogens is 3. The summed E-state index contributed by atoms with van der Waals surface area (Å²) in [4.78, 5) is 29.3. The Balaban J connectivity index is 1.59. The Morgan fingerprint density at radius 3 is 2.17 bits per heavy atom. The third kappa shape index (κ3) is 3.83. The molecule has 2 heterocycles. The van der Waals surface area contributed by atoms with Crippen molar-refractivity contribution in [2.24, 2.45) is 0 Å². The molecule has 0 aliphatic heterocycles. The maximum absolute atomic E-state index is 12.6. The molecule has 150 valence electrons. The summed E-state index contributed by atoms with van der Waals surface area (Å²) in [5.74, 6) is 0.408. The molecule has 0 fully saturated rings. The topological polar surface area (TPSA) is 102 Å². The number of hydrazine groups is 1. The number of para-hydroxylation sites is 1. The fourth-order valence-electron chi connectivity index (χ4n) is 3.02. The van der Waals surface area contributed by atoms with E-state index in [1.54, 1.807) is 24.6 Å². The van der Waals surface area contributed by atoms with Crippen LogP contribution in [0.1, 0.15) is 32.5 Å². The van der Waals surface area contributed by atoms with Crippen LogP contribution < -0.4 is 10.9 Å². The molecule has 0 saturated heterocycles. The molecule has 4 aromatic rings. The van der Waals surface area contributed by atoms with Gasteiger partial charge in [0.1, 0.15) is 11.5 Å². The molecule has 0 aliphatic rings. The molecule has 4 rings (SSSR count). The van der Waals surface area contributed by atoms with Gasteiger partial charge in [0.05, 0.1) is 11.3 Å². The zero-order chi connectivity index (χ0) is 21.1. The van der Waals surface area contributed by atoms with Crippen molar-refractivity contribution in [3.8, 4) is 17.1 Å². The lowest BCUT2D eigenvalue weighted by Crippen LogP contribution is -2.42. The number of furan rings is 1. The van der Waals surface area contributed by atoms with Crippen LogP contribution in [0.2, 0.25) is 0 Å². The van der Waals surface area contributed by atoms with E-state index >= 15 is 0 Å². The predicted octanol–water partition coefficient (Wildman–Crippen LogP) is 3.22. The molecule has 0 aliphatic carbocycles. The predicted molar refractivity (Wildman–Crippen MR) is 110 cm³/mol. The Morgan fingerprint density at radius 1 is 0.900 bits per heavy atom. The Kier molecular flexibility index (Phi) is 5.13. The monoisotopic (exact) mass is 401 g/mol. The van der Waals surface area contributed by atoms with Gasteiger partial charge in [0.25, 0.3) is 5.91 Å². The van der Waals surface area contributed by atoms with E-state index in [0.29, 0.717) is 22.9 Å². The molecular formula is C22H19N5O3. The largest absolute Gasteiger partial charge is 0.466 e. The summed E-state index contributed by atoms with van der Waals surface area (Å²) in [5, 5.41) is 4.35. The van der Waals surface area contributed by atoms with Crippen molar-refractivity contribution in [2.45, 2.75) is 13.8 Å². The highest BCUT2D eigenvalue weighted by molar-refractivity contribution is 5.98. The average molecular weight is 401 g/mol. The van der Waals surface area contributed by atoms with Crippen molar-refractivity contribution in [1.82, 2.24) is 25.6 Å². The van der Waals surface area contributed by atoms with Crippen molar-refractivity contribution in [2.75, 3.05) is 0 Å². The molecule has 2 aromatic heterocycles. The Hall–Kier alpha value is -4.20. The fourth-order valence-corrected chi connectivity index (χ4v) is 3.02. The summed E-state index contributed by atoms with van der Waals surface area (Å²) in [6.45, 7) is 3.42. The van der Waals surface area contributed by atoms with Crippen molar-refractivity contribution in [1.29, 1.82) is 0 Å². The summed E-state index contributed by atoms with van der Waals surface area (Å²) in [7, 11) is 0. The second kappa shape index (κ2) is 8.04. The summed E-state index contributed by atoms with van der Waals surface area (Å²) in [6.07, 6.45) is 0. The molecule has 0 bridgehead atoms. The lowest BCUT2D eigenvalue weighted by molar-refractivity contribution is 0.0840. The number of amides is 2. The van der Waals surface area contributed by atoms with E-state index in [2.05, 4.69) is 20.9 Å². The van der Waals surface area contributed by atoms with Crippen LogP contribution >= 0.6 is 0 Å². The zero-order valence-electron chi connectivity index (χ0n) is 16.4. The first kappa shape index (κ1) is 19.1. The third-order valence-corrected chi connectivity index (χ3v) is 4.42. The molecule has 2 N–H and O–H groups in total. The van der Waals surface area contributed by atoms with E-state index in [9.17, 15) is 9.59 Å². The summed E-state index contributed by atoms with van der Waals surface area (Å²) < 4.78 is 6.94. The molecule has 2 amide bonds. The first-order chi connectivity index (χ1) is 14.5. The minimum atomic E-state index is -0.631. The maximum Gasteiger partial charge on any atom is 0.309 e. The number of benzene rings is 2. The molecule has 2 aromatic carbocycles. The number of carbonyl (C=O) groups excluding carboxylic acids is 2. The van der Waals surface area contributed by atoms with Crippen LogP contribution in [0.15, 0.2) is 71.1 Å². The number of nitrogens with zero attached hydrogens (tertiary/aromatic N) is 3. The minimum Gasteiger partial charge on any atom is -0.466 e. The van der Waals surface area contributed by atoms with Gasteiger partial charge in [0.2, 0.25) is 5.82 Å². The molecule has 0 spiro atoms. The lowest BCUT2D eigenvalue weighted by atomic mass is 10.2. The first-order valence-corrected chi connectivity index (χ1v) is 9.28. The average Bonchev–Trinajstić information content (AvgIpc) is 3.36. The van der Waals surface area contributed by atoms with E-state index in [1.165, 1.54) is 0 Å². The second-order valence-electron chi connectivity index (χ2n) is 6.61. The van der Waals surface area contributed by atoms with Gasteiger partial charge in [-0.05, 0) is 32.0 Å². The van der Waals surface area contributed by atoms with E-state index in [4.69, 9.17) is 4.42 Å². The van der Waals surface area contributed by atoms with Crippen LogP contribution in [0.25, 0.3) is 17.1 Å². The Morgan fingerprint density at radius 2 is 1.53 bits per heavy atom. The fraction of sp³-hybridized carbons (Fsp3) is 0.0909. The third-order valence-electron chi connectivity index (χ3n) is 4.42. The van der Waals surface area contributed by atoms with Crippen molar-refractivity contribution >= 4 is 11.8 Å². The van der Waals surface area contributed by atoms with Crippen LogP contribution in [0, 0.1) is 13.8 Å². The summed E-state index contributed by atoms with van der Waals surface area (Å²) in [6, 6.07) is 20.4. The summed E-state index contributed by atoms with van der Waals surface area (Å²) >= 11 is 0. The second-order valence-corrected chi connectivity index (χ2v) is 6.61. The standard InChI is InChI=1S/C22H19N5O3/c1-14-13-18(15(2)30-14)21(28)24-25-22(29)19-23-20(16-9-5-3-6-10-16)27(26-19)17-11-7-4-8-12-17/h3-13H,1-2H3,(H,24,28)(H,25,29). The number of rotatable bonds is 4. The van der Waals surface area contributed by atoms with Gasteiger partial charge in [0, 0.05) is 5.56 Å². The van der Waals surface area contributed by atoms with Gasteiger partial charge < -0.3 is 4.42 Å². The van der Waals surface area contributed by atoms with Crippen molar-refractivity contribution in [3.63, 3.8) is 0 Å². The van der Waals surface area contributed by atoms with Crippen LogP contribution in [0.3, 0.4) is 0 Å². The molecule has 8 nitrogen and oxygen atoms in total. The Labute approximate surface area is 172 Å². The number of nitrogens with one attached hydrogen (secondary N) is 2. The zero-order valence-corrected chi connectivity index (χ0v) is 16.4. The van der Waals surface area contributed by atoms with Crippen LogP contribution in [-0.4, -0.2) is 26.6 Å². The van der Waals surface area contributed by atoms with Gasteiger partial charge in [-0.2, -0.15) is 0 Å². The molecular weight excluding hydrogens is 382 g/mol. The smallest absolute Gasteiger partial charge is 0.309 e. The number of hydrogen-bond donors (Lipinski definition) is 2. The molecule has 0 saturated carbocycles. The SMILES string of the molecule is Cc1cc(C(=O)NNC(=O)c2nc(-c3ccccc3)n(-c3ccccc3)n2)c(C)o1. The molecule has 0 radical (unpaired) electrons. The van der Waals surface area contributed by atoms with Crippen LogP contribution in [0.5, 0.6) is 0 Å². The van der Waals surface area contributed by atoms with E-state index in [1.807, 2.05) is 60.7 Å². The number of hydrogen-bond acceptors (Lipinski definition) is 5. The first-order valence-electron chi connectivity index (χ1n) is 9.28. The van der Waals surface area contributed by atoms with Gasteiger partial charge in [-0.1, -0.05) is 48.5 Å². The number of carbonyl (C=O) groups is 2. The normalized spacial score (nSPS) is 10.6. The van der Waals surface area contributed by atoms with Crippen LogP contribution in [-0.2, 0) is 0 Å². The van der Waals surface area contributed by atoms with E-state index in [-0.39, 0.29) is 5.82 Å². The number of aryl methyl sites for hydroxylation is 2. The van der Waals surface area contributed by atoms with Crippen LogP contribution in [0.4, 0.5) is 0 Å². The molecule has 0 atom stereocenters. The Bertz CT molecular complexity index is 1140. The van der Waals surface area contributed by atoms with Gasteiger partial charge in [-0.25, -0.2) is 9.67 Å². The van der Waals surface area contributed by atoms with Crippen molar-refractivity contribution in [3.05, 3.63) is 89.6 Å². The molecule has 8 heteroatoms. The van der Waals surface area contributed by atoms with Gasteiger partial charge in [-0.3, -0.25) is 20.4 Å².